The lowest BCUT2D eigenvalue weighted by Gasteiger charge is -2.16. The number of anilines is 2. The summed E-state index contributed by atoms with van der Waals surface area (Å²) < 4.78 is 77.1. The SMILES string of the molecule is COc1cccc(O[C@H](C)C(=O)Nc2ccc(S(=O)(=O)Nc3ccc(Cl)c(C(F)(F)F)c3)cc2)c1. The molecule has 7 nitrogen and oxygen atoms in total. The maximum atomic E-state index is 13.0. The number of hydrogen-bond acceptors (Lipinski definition) is 5. The average Bonchev–Trinajstić information content (AvgIpc) is 2.80. The zero-order chi connectivity index (χ0) is 25.8. The van der Waals surface area contributed by atoms with E-state index in [4.69, 9.17) is 21.1 Å². The number of amides is 1. The first kappa shape index (κ1) is 26.2. The van der Waals surface area contributed by atoms with Crippen molar-refractivity contribution in [2.24, 2.45) is 0 Å². The first-order valence-corrected chi connectivity index (χ1v) is 11.9. The molecule has 3 aromatic carbocycles. The van der Waals surface area contributed by atoms with Crippen LogP contribution in [0.5, 0.6) is 11.5 Å². The predicted octanol–water partition coefficient (Wildman–Crippen LogP) is 5.57. The van der Waals surface area contributed by atoms with Gasteiger partial charge in [0.1, 0.15) is 11.5 Å². The number of nitrogens with one attached hydrogen (secondary N) is 2. The molecule has 0 aromatic heterocycles. The van der Waals surface area contributed by atoms with Gasteiger partial charge < -0.3 is 14.8 Å². The van der Waals surface area contributed by atoms with Gasteiger partial charge in [0.25, 0.3) is 15.9 Å². The highest BCUT2D eigenvalue weighted by Gasteiger charge is 2.33. The Balaban J connectivity index is 1.67. The lowest BCUT2D eigenvalue weighted by Crippen LogP contribution is -2.30. The molecule has 0 fully saturated rings. The number of halogens is 4. The van der Waals surface area contributed by atoms with Crippen molar-refractivity contribution in [2.75, 3.05) is 17.1 Å². The van der Waals surface area contributed by atoms with Crippen LogP contribution < -0.4 is 19.5 Å². The number of ether oxygens (including phenoxy) is 2. The number of sulfonamides is 1. The molecule has 0 heterocycles. The predicted molar refractivity (Wildman–Crippen MR) is 125 cm³/mol. The van der Waals surface area contributed by atoms with Gasteiger partial charge in [-0.2, -0.15) is 13.2 Å². The highest BCUT2D eigenvalue weighted by atomic mass is 35.5. The van der Waals surface area contributed by atoms with Crippen molar-refractivity contribution in [3.05, 3.63) is 77.3 Å². The molecule has 0 spiro atoms. The summed E-state index contributed by atoms with van der Waals surface area (Å²) in [5, 5.41) is 2.05. The summed E-state index contributed by atoms with van der Waals surface area (Å²) in [5.74, 6) is 0.506. The molecule has 0 radical (unpaired) electrons. The van der Waals surface area contributed by atoms with Crippen molar-refractivity contribution in [3.63, 3.8) is 0 Å². The highest BCUT2D eigenvalue weighted by molar-refractivity contribution is 7.92. The summed E-state index contributed by atoms with van der Waals surface area (Å²) in [6.07, 6.45) is -5.62. The number of carbonyl (C=O) groups is 1. The Labute approximate surface area is 204 Å². The number of carbonyl (C=O) groups excluding carboxylic acids is 1. The number of rotatable bonds is 8. The maximum absolute atomic E-state index is 13.0. The molecule has 1 atom stereocenters. The van der Waals surface area contributed by atoms with Gasteiger partial charge in [0, 0.05) is 17.4 Å². The first-order chi connectivity index (χ1) is 16.4. The van der Waals surface area contributed by atoms with Gasteiger partial charge in [0.05, 0.1) is 22.6 Å². The van der Waals surface area contributed by atoms with E-state index in [0.717, 1.165) is 12.1 Å². The van der Waals surface area contributed by atoms with Crippen molar-refractivity contribution < 1.29 is 35.9 Å². The van der Waals surface area contributed by atoms with E-state index in [1.165, 1.54) is 31.4 Å². The van der Waals surface area contributed by atoms with Crippen molar-refractivity contribution in [1.82, 2.24) is 0 Å². The van der Waals surface area contributed by atoms with E-state index in [1.807, 2.05) is 0 Å². The minimum Gasteiger partial charge on any atom is -0.497 e. The normalized spacial score (nSPS) is 12.5. The van der Waals surface area contributed by atoms with Gasteiger partial charge in [0.15, 0.2) is 6.10 Å². The van der Waals surface area contributed by atoms with Crippen molar-refractivity contribution in [1.29, 1.82) is 0 Å². The fourth-order valence-corrected chi connectivity index (χ4v) is 4.19. The Morgan fingerprint density at radius 3 is 2.23 bits per heavy atom. The number of benzene rings is 3. The lowest BCUT2D eigenvalue weighted by atomic mass is 10.2. The molecule has 2 N–H and O–H groups in total. The Morgan fingerprint density at radius 2 is 1.60 bits per heavy atom. The van der Waals surface area contributed by atoms with Crippen LogP contribution >= 0.6 is 11.6 Å². The van der Waals surface area contributed by atoms with Gasteiger partial charge >= 0.3 is 6.18 Å². The van der Waals surface area contributed by atoms with E-state index in [0.29, 0.717) is 23.3 Å². The Kier molecular flexibility index (Phi) is 7.81. The smallest absolute Gasteiger partial charge is 0.417 e. The van der Waals surface area contributed by atoms with E-state index < -0.39 is 38.8 Å². The molecule has 0 aliphatic rings. The van der Waals surface area contributed by atoms with Crippen LogP contribution in [0.3, 0.4) is 0 Å². The van der Waals surface area contributed by atoms with Gasteiger partial charge in [-0.15, -0.1) is 0 Å². The molecule has 1 amide bonds. The third-order valence-corrected chi connectivity index (χ3v) is 6.41. The zero-order valence-corrected chi connectivity index (χ0v) is 20.0. The van der Waals surface area contributed by atoms with Crippen molar-refractivity contribution in [3.8, 4) is 11.5 Å². The van der Waals surface area contributed by atoms with Gasteiger partial charge in [0.2, 0.25) is 0 Å². The van der Waals surface area contributed by atoms with Crippen LogP contribution in [0.15, 0.2) is 71.6 Å². The molecule has 3 rings (SSSR count). The molecule has 0 aliphatic heterocycles. The van der Waals surface area contributed by atoms with E-state index in [9.17, 15) is 26.4 Å². The number of alkyl halides is 3. The molecule has 12 heteroatoms. The number of hydrogen-bond donors (Lipinski definition) is 2. The highest BCUT2D eigenvalue weighted by Crippen LogP contribution is 2.36. The third kappa shape index (κ3) is 6.80. The second-order valence-corrected chi connectivity index (χ2v) is 9.34. The molecule has 0 bridgehead atoms. The summed E-state index contributed by atoms with van der Waals surface area (Å²) >= 11 is 5.56. The summed E-state index contributed by atoms with van der Waals surface area (Å²) in [7, 11) is -2.70. The molecular weight excluding hydrogens is 509 g/mol. The molecule has 0 aliphatic carbocycles. The summed E-state index contributed by atoms with van der Waals surface area (Å²) in [5.41, 5.74) is -1.17. The van der Waals surface area contributed by atoms with Crippen LogP contribution in [0.25, 0.3) is 0 Å². The minimum absolute atomic E-state index is 0.223. The molecular formula is C23H20ClF3N2O5S. The van der Waals surface area contributed by atoms with Crippen molar-refractivity contribution in [2.45, 2.75) is 24.1 Å². The second-order valence-electron chi connectivity index (χ2n) is 7.25. The fraction of sp³-hybridized carbons (Fsp3) is 0.174. The second kappa shape index (κ2) is 10.4. The molecule has 3 aromatic rings. The Morgan fingerprint density at radius 1 is 0.971 bits per heavy atom. The zero-order valence-electron chi connectivity index (χ0n) is 18.4. The van der Waals surface area contributed by atoms with Crippen molar-refractivity contribution >= 4 is 38.9 Å². The fourth-order valence-electron chi connectivity index (χ4n) is 2.91. The standard InChI is InChI=1S/C23H20ClF3N2O5S/c1-14(34-18-5-3-4-17(13-18)33-2)22(30)28-15-6-9-19(10-7-15)35(31,32)29-16-8-11-21(24)20(12-16)23(25,26)27/h3-14,29H,1-2H3,(H,28,30)/t14-/m1/s1. The largest absolute Gasteiger partial charge is 0.497 e. The van der Waals surface area contributed by atoms with E-state index >= 15 is 0 Å². The van der Waals surface area contributed by atoms with Crippen LogP contribution in [0, 0.1) is 0 Å². The molecule has 186 valence electrons. The average molecular weight is 529 g/mol. The summed E-state index contributed by atoms with van der Waals surface area (Å²) in [6, 6.07) is 14.5. The van der Waals surface area contributed by atoms with Gasteiger partial charge in [-0.25, -0.2) is 8.42 Å². The molecule has 0 saturated heterocycles. The monoisotopic (exact) mass is 528 g/mol. The van der Waals surface area contributed by atoms with Crippen LogP contribution in [-0.4, -0.2) is 27.5 Å². The Bertz CT molecular complexity index is 1320. The first-order valence-electron chi connectivity index (χ1n) is 10.0. The molecule has 0 unspecified atom stereocenters. The van der Waals surface area contributed by atoms with Gasteiger partial charge in [-0.1, -0.05) is 17.7 Å². The maximum Gasteiger partial charge on any atom is 0.417 e. The summed E-state index contributed by atoms with van der Waals surface area (Å²) in [6.45, 7) is 1.54. The Hall–Kier alpha value is -3.44. The van der Waals surface area contributed by atoms with Crippen LogP contribution in [0.1, 0.15) is 12.5 Å². The minimum atomic E-state index is -4.74. The topological polar surface area (TPSA) is 93.7 Å². The van der Waals surface area contributed by atoms with Crippen LogP contribution in [0.4, 0.5) is 24.5 Å². The van der Waals surface area contributed by atoms with Crippen LogP contribution in [-0.2, 0) is 21.0 Å². The third-order valence-electron chi connectivity index (χ3n) is 4.68. The van der Waals surface area contributed by atoms with Gasteiger partial charge in [-0.3, -0.25) is 9.52 Å². The lowest BCUT2D eigenvalue weighted by molar-refractivity contribution is -0.137. The van der Waals surface area contributed by atoms with E-state index in [1.54, 1.807) is 31.2 Å². The van der Waals surface area contributed by atoms with E-state index in [2.05, 4.69) is 10.0 Å². The van der Waals surface area contributed by atoms with Crippen LogP contribution in [0.2, 0.25) is 5.02 Å². The summed E-state index contributed by atoms with van der Waals surface area (Å²) in [4.78, 5) is 12.2. The van der Waals surface area contributed by atoms with E-state index in [-0.39, 0.29) is 10.6 Å². The quantitative estimate of drug-likeness (QED) is 0.398. The molecule has 35 heavy (non-hydrogen) atoms. The molecule has 0 saturated carbocycles. The van der Waals surface area contributed by atoms with Gasteiger partial charge in [-0.05, 0) is 61.5 Å². The number of methoxy groups -OCH3 is 1.